The Kier molecular flexibility index (Phi) is 15.4. The lowest BCUT2D eigenvalue weighted by molar-refractivity contribution is 0.0575. The first-order valence-electron chi connectivity index (χ1n) is 20.3. The Morgan fingerprint density at radius 2 is 0.946 bits per heavy atom. The average molecular weight is 759 g/mol. The highest BCUT2D eigenvalue weighted by Crippen LogP contribution is 2.39. The van der Waals surface area contributed by atoms with Gasteiger partial charge in [-0.1, -0.05) is 76.6 Å². The minimum Gasteiger partial charge on any atom is -0.494 e. The highest BCUT2D eigenvalue weighted by Gasteiger charge is 2.48. The zero-order chi connectivity index (χ0) is 39.0. The number of Topliss-reactive ketones (excluding diaryl/α,β-unsaturated/α-hetero) is 2. The van der Waals surface area contributed by atoms with Crippen molar-refractivity contribution < 1.29 is 28.5 Å². The van der Waals surface area contributed by atoms with E-state index in [1.165, 1.54) is 38.5 Å². The number of benzene rings is 4. The molecule has 4 aromatic rings. The summed E-state index contributed by atoms with van der Waals surface area (Å²) in [4.78, 5) is 27.3. The SMILES string of the molecule is CCCCCCOc1ccc(N=Nc2ccccc2C(=O)C[C@H]2CO[C@@H]3[C@H](CC(=O)c4ccccc4N=Nc4ccc(OCCCCCC)cc4)CO[C@H]23)cc1. The summed E-state index contributed by atoms with van der Waals surface area (Å²) >= 11 is 0. The zero-order valence-corrected chi connectivity index (χ0v) is 32.7. The van der Waals surface area contributed by atoms with Crippen LogP contribution >= 0.6 is 0 Å². The molecule has 56 heavy (non-hydrogen) atoms. The molecule has 10 heteroatoms. The average Bonchev–Trinajstić information content (AvgIpc) is 3.82. The largest absolute Gasteiger partial charge is 0.494 e. The fraction of sp³-hybridized carbons (Fsp3) is 0.435. The summed E-state index contributed by atoms with van der Waals surface area (Å²) in [5, 5.41) is 17.7. The van der Waals surface area contributed by atoms with Gasteiger partial charge in [-0.2, -0.15) is 10.2 Å². The maximum Gasteiger partial charge on any atom is 0.165 e. The van der Waals surface area contributed by atoms with E-state index in [0.717, 1.165) is 24.3 Å². The van der Waals surface area contributed by atoms with Crippen molar-refractivity contribution in [3.63, 3.8) is 0 Å². The smallest absolute Gasteiger partial charge is 0.165 e. The quantitative estimate of drug-likeness (QED) is 0.0447. The van der Waals surface area contributed by atoms with E-state index in [2.05, 4.69) is 34.3 Å². The molecule has 2 aliphatic heterocycles. The van der Waals surface area contributed by atoms with Gasteiger partial charge in [-0.05, 0) is 85.6 Å². The van der Waals surface area contributed by atoms with Crippen molar-refractivity contribution in [3.05, 3.63) is 108 Å². The van der Waals surface area contributed by atoms with Crippen LogP contribution in [0.4, 0.5) is 22.7 Å². The Morgan fingerprint density at radius 3 is 1.36 bits per heavy atom. The fourth-order valence-electron chi connectivity index (χ4n) is 7.18. The third-order valence-corrected chi connectivity index (χ3v) is 10.3. The summed E-state index contributed by atoms with van der Waals surface area (Å²) < 4.78 is 24.1. The van der Waals surface area contributed by atoms with Crippen LogP contribution in [0.3, 0.4) is 0 Å². The molecule has 0 saturated carbocycles. The Morgan fingerprint density at radius 1 is 0.536 bits per heavy atom. The van der Waals surface area contributed by atoms with Gasteiger partial charge in [0.25, 0.3) is 0 Å². The van der Waals surface area contributed by atoms with Crippen LogP contribution < -0.4 is 9.47 Å². The molecule has 4 aromatic carbocycles. The molecule has 2 saturated heterocycles. The van der Waals surface area contributed by atoms with Gasteiger partial charge in [0, 0.05) is 35.8 Å². The molecular formula is C46H54N4O6. The van der Waals surface area contributed by atoms with Gasteiger partial charge in [-0.3, -0.25) is 9.59 Å². The number of rotatable bonds is 22. The van der Waals surface area contributed by atoms with Gasteiger partial charge in [0.1, 0.15) is 11.5 Å². The Balaban J connectivity index is 1.00. The van der Waals surface area contributed by atoms with E-state index in [-0.39, 0.29) is 48.5 Å². The number of carbonyl (C=O) groups is 2. The molecule has 0 radical (unpaired) electrons. The lowest BCUT2D eigenvalue weighted by Crippen LogP contribution is -2.28. The molecule has 10 nitrogen and oxygen atoms in total. The van der Waals surface area contributed by atoms with E-state index >= 15 is 0 Å². The first-order valence-corrected chi connectivity index (χ1v) is 20.3. The van der Waals surface area contributed by atoms with Crippen molar-refractivity contribution in [2.24, 2.45) is 32.3 Å². The van der Waals surface area contributed by atoms with E-state index in [1.54, 1.807) is 24.3 Å². The van der Waals surface area contributed by atoms with Crippen LogP contribution in [-0.2, 0) is 9.47 Å². The van der Waals surface area contributed by atoms with Crippen molar-refractivity contribution in [1.29, 1.82) is 0 Å². The van der Waals surface area contributed by atoms with Crippen molar-refractivity contribution in [3.8, 4) is 11.5 Å². The predicted molar refractivity (Wildman–Crippen MR) is 218 cm³/mol. The number of fused-ring (bicyclic) bond motifs is 1. The number of ether oxygens (including phenoxy) is 4. The minimum atomic E-state index is -0.267. The molecule has 2 heterocycles. The Hall–Kier alpha value is -5.06. The van der Waals surface area contributed by atoms with Gasteiger partial charge in [0.15, 0.2) is 11.6 Å². The Labute approximate surface area is 330 Å². The maximum absolute atomic E-state index is 13.7. The molecule has 0 aliphatic carbocycles. The molecule has 6 rings (SSSR count). The lowest BCUT2D eigenvalue weighted by atomic mass is 9.88. The van der Waals surface area contributed by atoms with Gasteiger partial charge in [0.2, 0.25) is 0 Å². The lowest BCUT2D eigenvalue weighted by Gasteiger charge is -2.16. The number of ketones is 2. The summed E-state index contributed by atoms with van der Waals surface area (Å²) in [5.74, 6) is 1.24. The first-order chi connectivity index (χ1) is 27.5. The molecule has 0 spiro atoms. The molecular weight excluding hydrogens is 705 g/mol. The van der Waals surface area contributed by atoms with E-state index in [0.29, 0.717) is 60.3 Å². The summed E-state index contributed by atoms with van der Waals surface area (Å²) in [6.07, 6.45) is 9.20. The molecule has 294 valence electrons. The third-order valence-electron chi connectivity index (χ3n) is 10.3. The highest BCUT2D eigenvalue weighted by molar-refractivity contribution is 6.01. The van der Waals surface area contributed by atoms with Gasteiger partial charge in [-0.15, -0.1) is 10.2 Å². The topological polar surface area (TPSA) is 120 Å². The molecule has 0 amide bonds. The van der Waals surface area contributed by atoms with Crippen molar-refractivity contribution in [2.75, 3.05) is 26.4 Å². The Bertz CT molecular complexity index is 1770. The summed E-state index contributed by atoms with van der Waals surface area (Å²) in [7, 11) is 0. The van der Waals surface area contributed by atoms with Crippen LogP contribution in [0.2, 0.25) is 0 Å². The van der Waals surface area contributed by atoms with Crippen molar-refractivity contribution >= 4 is 34.3 Å². The first kappa shape index (κ1) is 40.6. The minimum absolute atomic E-state index is 0.0485. The molecule has 4 atom stereocenters. The van der Waals surface area contributed by atoms with E-state index < -0.39 is 0 Å². The number of unbranched alkanes of at least 4 members (excludes halogenated alkanes) is 6. The van der Waals surface area contributed by atoms with Gasteiger partial charge < -0.3 is 18.9 Å². The van der Waals surface area contributed by atoms with Crippen LogP contribution in [-0.4, -0.2) is 50.2 Å². The zero-order valence-electron chi connectivity index (χ0n) is 32.7. The summed E-state index contributed by atoms with van der Waals surface area (Å²) in [6.45, 7) is 6.55. The van der Waals surface area contributed by atoms with E-state index in [1.807, 2.05) is 72.8 Å². The maximum atomic E-state index is 13.7. The number of hydrogen-bond donors (Lipinski definition) is 0. The highest BCUT2D eigenvalue weighted by atomic mass is 16.6. The van der Waals surface area contributed by atoms with Crippen LogP contribution in [0, 0.1) is 11.8 Å². The van der Waals surface area contributed by atoms with Gasteiger partial charge in [-0.25, -0.2) is 0 Å². The second-order valence-electron chi connectivity index (χ2n) is 14.6. The summed E-state index contributed by atoms with van der Waals surface area (Å²) in [5.41, 5.74) is 3.37. The van der Waals surface area contributed by atoms with Crippen LogP contribution in [0.5, 0.6) is 11.5 Å². The molecule has 2 fully saturated rings. The molecule has 0 bridgehead atoms. The van der Waals surface area contributed by atoms with Crippen LogP contribution in [0.25, 0.3) is 0 Å². The molecule has 0 N–H and O–H groups in total. The third kappa shape index (κ3) is 11.5. The number of carbonyl (C=O) groups excluding carboxylic acids is 2. The van der Waals surface area contributed by atoms with E-state index in [4.69, 9.17) is 18.9 Å². The number of azo groups is 2. The monoisotopic (exact) mass is 758 g/mol. The van der Waals surface area contributed by atoms with Crippen molar-refractivity contribution in [1.82, 2.24) is 0 Å². The van der Waals surface area contributed by atoms with Gasteiger partial charge in [0.05, 0.1) is 61.4 Å². The molecule has 2 aliphatic rings. The van der Waals surface area contributed by atoms with Crippen molar-refractivity contribution in [2.45, 2.75) is 90.3 Å². The number of nitrogens with zero attached hydrogens (tertiary/aromatic N) is 4. The van der Waals surface area contributed by atoms with E-state index in [9.17, 15) is 9.59 Å². The van der Waals surface area contributed by atoms with Gasteiger partial charge >= 0.3 is 0 Å². The predicted octanol–water partition coefficient (Wildman–Crippen LogP) is 12.3. The fourth-order valence-corrected chi connectivity index (χ4v) is 7.18. The molecule has 0 aromatic heterocycles. The van der Waals surface area contributed by atoms with Crippen LogP contribution in [0.1, 0.15) is 98.8 Å². The second-order valence-corrected chi connectivity index (χ2v) is 14.6. The normalized spacial score (nSPS) is 19.1. The summed E-state index contributed by atoms with van der Waals surface area (Å²) in [6, 6.07) is 29.5. The number of hydrogen-bond acceptors (Lipinski definition) is 10. The molecule has 0 unspecified atom stereocenters. The second kappa shape index (κ2) is 21.3. The van der Waals surface area contributed by atoms with Crippen LogP contribution in [0.15, 0.2) is 118 Å². The standard InChI is InChI=1S/C46H54N4O6/c1-3-5-7-13-27-53-37-23-19-35(20-24-37)47-49-41-17-11-9-15-39(41)43(51)29-33-31-55-46-34(32-56-45(33)46)30-44(52)40-16-10-12-18-42(40)50-48-36-21-25-38(26-22-36)54-28-14-8-6-4-2/h9-12,15-26,33-34,45-46H,3-8,13-14,27-32H2,1-2H3/t33-,34+,45-,46-/m1/s1.